The number of nitrogens with zero attached hydrogens (tertiary/aromatic N) is 1. The number of aliphatic hydroxyl groups excluding tert-OH is 1. The Morgan fingerprint density at radius 3 is 1.21 bits per heavy atom. The van der Waals surface area contributed by atoms with E-state index in [0.29, 0.717) is 23.9 Å². The Morgan fingerprint density at radius 1 is 0.479 bits per heavy atom. The number of likely N-dealkylation sites (N-methyl/N-ethyl adjacent to an activating group) is 1. The van der Waals surface area contributed by atoms with Crippen LogP contribution in [-0.2, 0) is 18.4 Å². The molecule has 0 aliphatic heterocycles. The van der Waals surface area contributed by atoms with E-state index in [1.807, 2.05) is 21.1 Å². The number of unbranched alkanes of at least 4 members (excludes halogenated alkanes) is 16. The number of aliphatic hydroxyl groups is 1. The van der Waals surface area contributed by atoms with E-state index < -0.39 is 20.0 Å². The second-order valence-corrected chi connectivity index (χ2v) is 21.7. The molecule has 0 heterocycles. The lowest BCUT2D eigenvalue weighted by molar-refractivity contribution is -0.870. The number of rotatable bonds is 51. The van der Waals surface area contributed by atoms with Crippen LogP contribution in [0.4, 0.5) is 0 Å². The van der Waals surface area contributed by atoms with Crippen molar-refractivity contribution in [2.24, 2.45) is 0 Å². The molecule has 0 saturated heterocycles. The van der Waals surface area contributed by atoms with Crippen molar-refractivity contribution < 1.29 is 32.9 Å². The molecule has 1 amide bonds. The van der Waals surface area contributed by atoms with Gasteiger partial charge in [0, 0.05) is 6.42 Å². The van der Waals surface area contributed by atoms with Gasteiger partial charge in [0.2, 0.25) is 5.91 Å². The SMILES string of the molecule is CC/C=C\C/C=C\C/C=C\C/C=C\C/C=C\C/C=C\C/C=C\C/C=C\C/C=C\C/C=C\C/C=C\CCCCCCCCCC(=O)NC(COP(=O)(O)OCC[N+](C)(C)C)C(O)CCCCCCCCCCCC. The van der Waals surface area contributed by atoms with Crippen LogP contribution < -0.4 is 5.32 Å². The molecule has 416 valence electrons. The van der Waals surface area contributed by atoms with Crippen LogP contribution in [0, 0.1) is 0 Å². The number of allylic oxidation sites excluding steroid dienone is 22. The van der Waals surface area contributed by atoms with Crippen LogP contribution in [0.1, 0.15) is 213 Å². The summed E-state index contributed by atoms with van der Waals surface area (Å²) < 4.78 is 23.7. The fraction of sp³-hybridized carbons (Fsp3) is 0.641. The van der Waals surface area contributed by atoms with Gasteiger partial charge in [0.15, 0.2) is 0 Å². The van der Waals surface area contributed by atoms with E-state index in [4.69, 9.17) is 9.05 Å². The number of hydrogen-bond acceptors (Lipinski definition) is 5. The lowest BCUT2D eigenvalue weighted by atomic mass is 10.0. The molecule has 0 aromatic carbocycles. The zero-order chi connectivity index (χ0) is 53.5. The summed E-state index contributed by atoms with van der Waals surface area (Å²) in [5.41, 5.74) is 0. The molecule has 0 bridgehead atoms. The Bertz CT molecular complexity index is 1640. The first-order valence-electron chi connectivity index (χ1n) is 29.0. The van der Waals surface area contributed by atoms with E-state index in [0.717, 1.165) is 122 Å². The van der Waals surface area contributed by atoms with Gasteiger partial charge in [-0.1, -0.05) is 244 Å². The molecule has 0 aliphatic carbocycles. The zero-order valence-corrected chi connectivity index (χ0v) is 48.2. The van der Waals surface area contributed by atoms with Crippen molar-refractivity contribution in [3.8, 4) is 0 Å². The van der Waals surface area contributed by atoms with Crippen molar-refractivity contribution in [2.75, 3.05) is 40.9 Å². The molecular weight excluding hydrogens is 924 g/mol. The minimum absolute atomic E-state index is 0.0657. The molecule has 9 heteroatoms. The Morgan fingerprint density at radius 2 is 0.822 bits per heavy atom. The van der Waals surface area contributed by atoms with Gasteiger partial charge in [-0.05, 0) is 96.3 Å². The zero-order valence-electron chi connectivity index (χ0n) is 47.3. The van der Waals surface area contributed by atoms with Crippen molar-refractivity contribution in [3.05, 3.63) is 134 Å². The third kappa shape index (κ3) is 56.2. The van der Waals surface area contributed by atoms with Crippen LogP contribution in [0.2, 0.25) is 0 Å². The lowest BCUT2D eigenvalue weighted by Crippen LogP contribution is -2.46. The topological polar surface area (TPSA) is 105 Å². The normalized spacial score (nSPS) is 14.9. The number of phosphoric ester groups is 1. The van der Waals surface area contributed by atoms with E-state index in [-0.39, 0.29) is 19.1 Å². The lowest BCUT2D eigenvalue weighted by Gasteiger charge is -2.26. The van der Waals surface area contributed by atoms with E-state index in [1.54, 1.807) is 0 Å². The molecule has 0 rings (SSSR count). The highest BCUT2D eigenvalue weighted by Gasteiger charge is 2.28. The summed E-state index contributed by atoms with van der Waals surface area (Å²) in [6.45, 7) is 4.73. The molecule has 73 heavy (non-hydrogen) atoms. The van der Waals surface area contributed by atoms with Gasteiger partial charge in [0.1, 0.15) is 13.2 Å². The van der Waals surface area contributed by atoms with Crippen LogP contribution in [-0.4, -0.2) is 73.4 Å². The van der Waals surface area contributed by atoms with Crippen molar-refractivity contribution in [2.45, 2.75) is 225 Å². The van der Waals surface area contributed by atoms with Crippen molar-refractivity contribution >= 4 is 13.7 Å². The summed E-state index contributed by atoms with van der Waals surface area (Å²) in [6, 6.07) is -0.774. The molecule has 0 aliphatic rings. The first kappa shape index (κ1) is 69.6. The minimum Gasteiger partial charge on any atom is -0.391 e. The second kappa shape index (κ2) is 53.5. The molecule has 0 saturated carbocycles. The summed E-state index contributed by atoms with van der Waals surface area (Å²) >= 11 is 0. The van der Waals surface area contributed by atoms with E-state index in [9.17, 15) is 19.4 Å². The van der Waals surface area contributed by atoms with Gasteiger partial charge in [0.25, 0.3) is 0 Å². The van der Waals surface area contributed by atoms with Crippen molar-refractivity contribution in [1.82, 2.24) is 5.32 Å². The number of hydrogen-bond donors (Lipinski definition) is 3. The molecule has 3 N–H and O–H groups in total. The number of quaternary nitrogens is 1. The van der Waals surface area contributed by atoms with Crippen molar-refractivity contribution in [3.63, 3.8) is 0 Å². The molecule has 3 unspecified atom stereocenters. The minimum atomic E-state index is -4.33. The maximum absolute atomic E-state index is 12.9. The summed E-state index contributed by atoms with van der Waals surface area (Å²) in [5.74, 6) is -0.163. The van der Waals surface area contributed by atoms with Crippen LogP contribution in [0.15, 0.2) is 134 Å². The average Bonchev–Trinajstić information content (AvgIpc) is 3.35. The maximum atomic E-state index is 12.9. The number of carbonyl (C=O) groups is 1. The third-order valence-electron chi connectivity index (χ3n) is 12.2. The van der Waals surface area contributed by atoms with E-state index >= 15 is 0 Å². The van der Waals surface area contributed by atoms with Crippen molar-refractivity contribution in [1.29, 1.82) is 0 Å². The summed E-state index contributed by atoms with van der Waals surface area (Å²) in [6.07, 6.45) is 80.9. The van der Waals surface area contributed by atoms with Gasteiger partial charge in [-0.15, -0.1) is 0 Å². The Labute approximate surface area is 449 Å². The highest BCUT2D eigenvalue weighted by molar-refractivity contribution is 7.47. The van der Waals surface area contributed by atoms with Crippen LogP contribution in [0.5, 0.6) is 0 Å². The molecule has 0 fully saturated rings. The molecule has 0 aromatic rings. The molecule has 0 spiro atoms. The molecule has 0 aromatic heterocycles. The van der Waals surface area contributed by atoms with Gasteiger partial charge in [-0.3, -0.25) is 13.8 Å². The highest BCUT2D eigenvalue weighted by Crippen LogP contribution is 2.43. The molecule has 3 atom stereocenters. The first-order chi connectivity index (χ1) is 35.5. The second-order valence-electron chi connectivity index (χ2n) is 20.3. The van der Waals surface area contributed by atoms with Gasteiger partial charge in [-0.2, -0.15) is 0 Å². The number of phosphoric acid groups is 1. The highest BCUT2D eigenvalue weighted by atomic mass is 31.2. The van der Waals surface area contributed by atoms with Gasteiger partial charge in [0.05, 0.1) is 39.9 Å². The standard InChI is InChI=1S/C64H109N2O6P/c1-6-8-10-12-14-16-18-19-20-21-22-23-24-25-26-27-28-29-30-31-32-33-34-35-36-37-38-39-40-41-42-43-44-45-46-47-48-50-52-54-56-58-64(68)65-62(61-72-73(69,70)71-60-59-66(3,4)5)63(67)57-55-53-51-49-17-15-13-11-9-7-2/h8,10,14,16,19-20,22-23,25-26,28-29,31-32,34-35,37-38,40-41,43-44,62-63,67H,6-7,9,11-13,15,17-18,21,24,27,30,33,36,39,42,45-61H2,1-5H3,(H-,65,68,69,70)/p+1/b10-8-,16-14-,20-19-,23-22-,26-25-,29-28-,32-31-,35-34-,38-37-,41-40-,44-43-. The summed E-state index contributed by atoms with van der Waals surface area (Å²) in [7, 11) is 1.59. The monoisotopic (exact) mass is 1030 g/mol. The summed E-state index contributed by atoms with van der Waals surface area (Å²) in [4.78, 5) is 23.2. The van der Waals surface area contributed by atoms with Gasteiger partial charge >= 0.3 is 7.82 Å². The number of carbonyl (C=O) groups excluding carboxylic acids is 1. The van der Waals surface area contributed by atoms with Crippen LogP contribution in [0.3, 0.4) is 0 Å². The van der Waals surface area contributed by atoms with E-state index in [2.05, 4.69) is 153 Å². The fourth-order valence-corrected chi connectivity index (χ4v) is 8.37. The molecular formula is C64H110N2O6P+. The molecule has 8 nitrogen and oxygen atoms in total. The van der Waals surface area contributed by atoms with Crippen LogP contribution >= 0.6 is 7.82 Å². The first-order valence-corrected chi connectivity index (χ1v) is 30.5. The molecule has 0 radical (unpaired) electrons. The summed E-state index contributed by atoms with van der Waals surface area (Å²) in [5, 5.41) is 14.0. The smallest absolute Gasteiger partial charge is 0.391 e. The average molecular weight is 1030 g/mol. The van der Waals surface area contributed by atoms with Crippen LogP contribution in [0.25, 0.3) is 0 Å². The Kier molecular flexibility index (Phi) is 51.0. The predicted molar refractivity (Wildman–Crippen MR) is 318 cm³/mol. The number of amides is 1. The Balaban J connectivity index is 4.07. The van der Waals surface area contributed by atoms with Gasteiger partial charge < -0.3 is 19.8 Å². The van der Waals surface area contributed by atoms with E-state index in [1.165, 1.54) is 64.2 Å². The largest absolute Gasteiger partial charge is 0.472 e. The quantitative estimate of drug-likeness (QED) is 0.0243. The fourth-order valence-electron chi connectivity index (χ4n) is 7.64. The number of nitrogens with one attached hydrogen (secondary N) is 1. The van der Waals surface area contributed by atoms with Gasteiger partial charge in [-0.25, -0.2) is 4.57 Å². The Hall–Kier alpha value is -3.36. The maximum Gasteiger partial charge on any atom is 0.472 e. The predicted octanol–water partition coefficient (Wildman–Crippen LogP) is 17.9. The third-order valence-corrected chi connectivity index (χ3v) is 13.1.